The predicted octanol–water partition coefficient (Wildman–Crippen LogP) is 0.244. The lowest BCUT2D eigenvalue weighted by Gasteiger charge is -2.26. The van der Waals surface area contributed by atoms with Crippen LogP contribution in [0.4, 0.5) is 0 Å². The first-order chi connectivity index (χ1) is 7.00. The maximum Gasteiger partial charge on any atom is 0.281 e. The lowest BCUT2D eigenvalue weighted by atomic mass is 10.4. The zero-order valence-electron chi connectivity index (χ0n) is 9.94. The molecule has 0 rings (SSSR count). The molecule has 0 bridgehead atoms. The third kappa shape index (κ3) is 4.46. The molecule has 0 spiro atoms. The smallest absolute Gasteiger partial charge is 0.281 e. The van der Waals surface area contributed by atoms with Crippen LogP contribution in [-0.4, -0.2) is 50.3 Å². The number of hydrogen-bond acceptors (Lipinski definition) is 3. The zero-order chi connectivity index (χ0) is 11.9. The number of rotatable bonds is 8. The molecule has 0 saturated carbocycles. The van der Waals surface area contributed by atoms with Crippen molar-refractivity contribution in [3.05, 3.63) is 0 Å². The van der Waals surface area contributed by atoms with E-state index in [0.29, 0.717) is 26.2 Å². The van der Waals surface area contributed by atoms with E-state index in [0.717, 1.165) is 12.8 Å². The largest absolute Gasteiger partial charge is 0.329 e. The van der Waals surface area contributed by atoms with Crippen molar-refractivity contribution >= 4 is 10.2 Å². The molecule has 0 fully saturated rings. The summed E-state index contributed by atoms with van der Waals surface area (Å²) in [5, 5.41) is 0. The van der Waals surface area contributed by atoms with Crippen molar-refractivity contribution in [3.63, 3.8) is 0 Å². The molecule has 0 aliphatic rings. The highest BCUT2D eigenvalue weighted by molar-refractivity contribution is 7.86. The molecule has 0 aromatic rings. The van der Waals surface area contributed by atoms with E-state index in [1.807, 2.05) is 13.8 Å². The average Bonchev–Trinajstić information content (AvgIpc) is 2.18. The first-order valence-corrected chi connectivity index (χ1v) is 6.81. The molecule has 0 atom stereocenters. The molecule has 6 heteroatoms. The quantitative estimate of drug-likeness (QED) is 0.658. The van der Waals surface area contributed by atoms with E-state index in [-0.39, 0.29) is 0 Å². The van der Waals surface area contributed by atoms with Gasteiger partial charge in [0, 0.05) is 33.2 Å². The molecule has 0 aliphatic heterocycles. The number of nitrogens with two attached hydrogens (primary N) is 1. The standard InChI is InChI=1S/C9H23N3O2S/c1-4-7-12(8-5-2)15(13,14)11(3)9-6-10/h4-10H2,1-3H3. The highest BCUT2D eigenvalue weighted by Gasteiger charge is 2.24. The summed E-state index contributed by atoms with van der Waals surface area (Å²) >= 11 is 0. The first kappa shape index (κ1) is 14.8. The van der Waals surface area contributed by atoms with Gasteiger partial charge in [0.1, 0.15) is 0 Å². The van der Waals surface area contributed by atoms with Crippen molar-refractivity contribution < 1.29 is 8.42 Å². The van der Waals surface area contributed by atoms with Gasteiger partial charge in [-0.15, -0.1) is 0 Å². The van der Waals surface area contributed by atoms with Gasteiger partial charge in [0.05, 0.1) is 0 Å². The Labute approximate surface area is 93.4 Å². The minimum Gasteiger partial charge on any atom is -0.329 e. The Bertz CT molecular complexity index is 248. The second-order valence-electron chi connectivity index (χ2n) is 3.52. The van der Waals surface area contributed by atoms with E-state index in [1.165, 1.54) is 8.61 Å². The Kier molecular flexibility index (Phi) is 7.08. The molecule has 0 amide bonds. The third-order valence-corrected chi connectivity index (χ3v) is 4.10. The Morgan fingerprint density at radius 3 is 1.87 bits per heavy atom. The predicted molar refractivity (Wildman–Crippen MR) is 62.8 cm³/mol. The topological polar surface area (TPSA) is 66.6 Å². The molecule has 5 nitrogen and oxygen atoms in total. The first-order valence-electron chi connectivity index (χ1n) is 5.42. The maximum absolute atomic E-state index is 12.0. The fourth-order valence-corrected chi connectivity index (χ4v) is 2.89. The lowest BCUT2D eigenvalue weighted by Crippen LogP contribution is -2.44. The molecule has 2 N–H and O–H groups in total. The van der Waals surface area contributed by atoms with Gasteiger partial charge in [-0.2, -0.15) is 17.0 Å². The summed E-state index contributed by atoms with van der Waals surface area (Å²) in [6.45, 7) is 5.81. The highest BCUT2D eigenvalue weighted by Crippen LogP contribution is 2.07. The van der Waals surface area contributed by atoms with Crippen molar-refractivity contribution in [2.24, 2.45) is 5.73 Å². The molecule has 15 heavy (non-hydrogen) atoms. The van der Waals surface area contributed by atoms with Gasteiger partial charge in [-0.05, 0) is 12.8 Å². The average molecular weight is 237 g/mol. The Balaban J connectivity index is 4.61. The van der Waals surface area contributed by atoms with Crippen molar-refractivity contribution in [1.82, 2.24) is 8.61 Å². The third-order valence-electron chi connectivity index (χ3n) is 2.11. The van der Waals surface area contributed by atoms with Gasteiger partial charge in [-0.25, -0.2) is 0 Å². The van der Waals surface area contributed by atoms with Crippen LogP contribution in [0, 0.1) is 0 Å². The molecule has 92 valence electrons. The second-order valence-corrected chi connectivity index (χ2v) is 5.55. The van der Waals surface area contributed by atoms with E-state index < -0.39 is 10.2 Å². The van der Waals surface area contributed by atoms with Gasteiger partial charge in [0.25, 0.3) is 10.2 Å². The summed E-state index contributed by atoms with van der Waals surface area (Å²) in [6.07, 6.45) is 1.66. The summed E-state index contributed by atoms with van der Waals surface area (Å²) in [4.78, 5) is 0. The summed E-state index contributed by atoms with van der Waals surface area (Å²) in [5.41, 5.74) is 5.35. The van der Waals surface area contributed by atoms with Crippen LogP contribution in [-0.2, 0) is 10.2 Å². The Hall–Kier alpha value is -0.170. The fourth-order valence-electron chi connectivity index (χ4n) is 1.34. The van der Waals surface area contributed by atoms with Crippen molar-refractivity contribution in [1.29, 1.82) is 0 Å². The van der Waals surface area contributed by atoms with Crippen molar-refractivity contribution in [2.45, 2.75) is 26.7 Å². The molecule has 0 aliphatic carbocycles. The van der Waals surface area contributed by atoms with Crippen LogP contribution >= 0.6 is 0 Å². The normalized spacial score (nSPS) is 12.7. The zero-order valence-corrected chi connectivity index (χ0v) is 10.8. The lowest BCUT2D eigenvalue weighted by molar-refractivity contribution is 0.360. The number of likely N-dealkylation sites (N-methyl/N-ethyl adjacent to an activating group) is 1. The minimum atomic E-state index is -3.30. The molecule has 0 radical (unpaired) electrons. The molecule has 0 aromatic heterocycles. The monoisotopic (exact) mass is 237 g/mol. The van der Waals surface area contributed by atoms with Crippen molar-refractivity contribution in [3.8, 4) is 0 Å². The van der Waals surface area contributed by atoms with Crippen LogP contribution in [0.5, 0.6) is 0 Å². The molecule has 0 aromatic carbocycles. The van der Waals surface area contributed by atoms with Crippen molar-refractivity contribution in [2.75, 3.05) is 33.2 Å². The molecule has 0 saturated heterocycles. The van der Waals surface area contributed by atoms with Gasteiger partial charge >= 0.3 is 0 Å². The van der Waals surface area contributed by atoms with Gasteiger partial charge in [-0.1, -0.05) is 13.8 Å². The summed E-state index contributed by atoms with van der Waals surface area (Å²) in [5.74, 6) is 0. The van der Waals surface area contributed by atoms with Crippen LogP contribution in [0.25, 0.3) is 0 Å². The van der Waals surface area contributed by atoms with Crippen LogP contribution < -0.4 is 5.73 Å². The Morgan fingerprint density at radius 2 is 1.53 bits per heavy atom. The molecule has 0 unspecified atom stereocenters. The van der Waals surface area contributed by atoms with E-state index in [4.69, 9.17) is 5.73 Å². The highest BCUT2D eigenvalue weighted by atomic mass is 32.2. The summed E-state index contributed by atoms with van der Waals surface area (Å²) in [7, 11) is -1.73. The van der Waals surface area contributed by atoms with E-state index in [2.05, 4.69) is 0 Å². The number of nitrogens with zero attached hydrogens (tertiary/aromatic N) is 2. The van der Waals surface area contributed by atoms with Crippen LogP contribution in [0.3, 0.4) is 0 Å². The van der Waals surface area contributed by atoms with Gasteiger partial charge in [-0.3, -0.25) is 0 Å². The summed E-state index contributed by atoms with van der Waals surface area (Å²) in [6, 6.07) is 0. The van der Waals surface area contributed by atoms with E-state index in [9.17, 15) is 8.42 Å². The minimum absolute atomic E-state index is 0.349. The molecular weight excluding hydrogens is 214 g/mol. The van der Waals surface area contributed by atoms with Crippen LogP contribution in [0.2, 0.25) is 0 Å². The SMILES string of the molecule is CCCN(CCC)S(=O)(=O)N(C)CCN. The van der Waals surface area contributed by atoms with Crippen LogP contribution in [0.1, 0.15) is 26.7 Å². The number of hydrogen-bond donors (Lipinski definition) is 1. The fraction of sp³-hybridized carbons (Fsp3) is 1.00. The second kappa shape index (κ2) is 7.16. The molecular formula is C9H23N3O2S. The maximum atomic E-state index is 12.0. The van der Waals surface area contributed by atoms with Gasteiger partial charge < -0.3 is 5.73 Å². The van der Waals surface area contributed by atoms with E-state index >= 15 is 0 Å². The Morgan fingerprint density at radius 1 is 1.07 bits per heavy atom. The van der Waals surface area contributed by atoms with Crippen LogP contribution in [0.15, 0.2) is 0 Å². The van der Waals surface area contributed by atoms with E-state index in [1.54, 1.807) is 7.05 Å². The van der Waals surface area contributed by atoms with Gasteiger partial charge in [0.15, 0.2) is 0 Å². The summed E-state index contributed by atoms with van der Waals surface area (Å²) < 4.78 is 26.8. The molecule has 0 heterocycles. The van der Waals surface area contributed by atoms with Gasteiger partial charge in [0.2, 0.25) is 0 Å².